The number of hydrogen-bond acceptors (Lipinski definition) is 3. The first-order valence-electron chi connectivity index (χ1n) is 2.97. The predicted octanol–water partition coefficient (Wildman–Crippen LogP) is 0.458. The number of carbonyl (C=O) groups excluding carboxylic acids is 1. The molecule has 58 valence electrons. The Bertz CT molecular complexity index is 249. The van der Waals surface area contributed by atoms with Crippen molar-refractivity contribution in [1.82, 2.24) is 0 Å². The molecule has 0 aromatic carbocycles. The third-order valence-electron chi connectivity index (χ3n) is 1.31. The van der Waals surface area contributed by atoms with Crippen molar-refractivity contribution in [1.29, 1.82) is 0 Å². The summed E-state index contributed by atoms with van der Waals surface area (Å²) in [6.07, 6.45) is 3.08. The van der Waals surface area contributed by atoms with Crippen LogP contribution in [0.5, 0.6) is 0 Å². The van der Waals surface area contributed by atoms with Crippen molar-refractivity contribution >= 4 is 12.4 Å². The lowest BCUT2D eigenvalue weighted by Crippen LogP contribution is -1.99. The van der Waals surface area contributed by atoms with E-state index in [-0.39, 0.29) is 18.5 Å². The van der Waals surface area contributed by atoms with E-state index < -0.39 is 5.97 Å². The van der Waals surface area contributed by atoms with Crippen molar-refractivity contribution in [2.24, 2.45) is 0 Å². The zero-order chi connectivity index (χ0) is 8.27. The van der Waals surface area contributed by atoms with Gasteiger partial charge in [-0.2, -0.15) is 0 Å². The number of aliphatic carboxylic acids is 1. The summed E-state index contributed by atoms with van der Waals surface area (Å²) in [6.45, 7) is 0.282. The van der Waals surface area contributed by atoms with Gasteiger partial charge in [0.25, 0.3) is 6.47 Å². The summed E-state index contributed by atoms with van der Waals surface area (Å²) in [5.74, 6) is -0.608. The second kappa shape index (κ2) is 3.01. The van der Waals surface area contributed by atoms with Crippen LogP contribution in [0.2, 0.25) is 0 Å². The molecule has 4 nitrogen and oxygen atoms in total. The maximum Gasteiger partial charge on any atom is 0.332 e. The Morgan fingerprint density at radius 3 is 2.82 bits per heavy atom. The largest absolute Gasteiger partial charge is 0.478 e. The van der Waals surface area contributed by atoms with Crippen LogP contribution in [0.15, 0.2) is 23.5 Å². The Kier molecular flexibility index (Phi) is 2.06. The summed E-state index contributed by atoms with van der Waals surface area (Å²) < 4.78 is 4.45. The number of rotatable bonds is 3. The van der Waals surface area contributed by atoms with Gasteiger partial charge in [-0.25, -0.2) is 4.79 Å². The van der Waals surface area contributed by atoms with E-state index in [1.54, 1.807) is 0 Å². The molecule has 0 saturated heterocycles. The molecule has 0 aromatic heterocycles. The van der Waals surface area contributed by atoms with E-state index in [1.807, 2.05) is 0 Å². The fourth-order valence-electron chi connectivity index (χ4n) is 0.789. The highest BCUT2D eigenvalue weighted by molar-refractivity contribution is 5.88. The number of carboxylic acids is 1. The number of hydrogen-bond donors (Lipinski definition) is 1. The van der Waals surface area contributed by atoms with E-state index in [1.165, 1.54) is 12.2 Å². The molecule has 0 radical (unpaired) electrons. The molecule has 11 heavy (non-hydrogen) atoms. The maximum atomic E-state index is 10.3. The molecule has 1 aliphatic carbocycles. The molecule has 4 heteroatoms. The minimum Gasteiger partial charge on any atom is -0.478 e. The average molecular weight is 154 g/mol. The average Bonchev–Trinajstić information content (AvgIpc) is 2.37. The minimum absolute atomic E-state index is 0.189. The second-order valence-electron chi connectivity index (χ2n) is 2.02. The SMILES string of the molecule is O=COC1=CC=C(C(=O)O)C1. The van der Waals surface area contributed by atoms with Crippen LogP contribution in [0, 0.1) is 0 Å². The Morgan fingerprint density at radius 2 is 2.36 bits per heavy atom. The van der Waals surface area contributed by atoms with Crippen molar-refractivity contribution in [2.75, 3.05) is 0 Å². The molecule has 0 spiro atoms. The number of ether oxygens (including phenoxy) is 1. The van der Waals surface area contributed by atoms with Crippen LogP contribution in [-0.4, -0.2) is 17.5 Å². The minimum atomic E-state index is -0.981. The molecule has 0 heterocycles. The van der Waals surface area contributed by atoms with Gasteiger partial charge in [0, 0.05) is 12.0 Å². The summed E-state index contributed by atoms with van der Waals surface area (Å²) in [4.78, 5) is 20.1. The summed E-state index contributed by atoms with van der Waals surface area (Å²) in [7, 11) is 0. The van der Waals surface area contributed by atoms with Crippen molar-refractivity contribution in [3.05, 3.63) is 23.5 Å². The van der Waals surface area contributed by atoms with E-state index >= 15 is 0 Å². The van der Waals surface area contributed by atoms with E-state index in [2.05, 4.69) is 4.74 Å². The maximum absolute atomic E-state index is 10.3. The molecule has 1 aliphatic rings. The molecule has 0 atom stereocenters. The van der Waals surface area contributed by atoms with Gasteiger partial charge in [-0.05, 0) is 12.2 Å². The summed E-state index contributed by atoms with van der Waals surface area (Å²) >= 11 is 0. The molecule has 1 rings (SSSR count). The van der Waals surface area contributed by atoms with Crippen LogP contribution in [-0.2, 0) is 14.3 Å². The molecule has 0 bridgehead atoms. The van der Waals surface area contributed by atoms with Gasteiger partial charge in [0.15, 0.2) is 0 Å². The number of carbonyl (C=O) groups is 2. The van der Waals surface area contributed by atoms with Crippen LogP contribution in [0.4, 0.5) is 0 Å². The highest BCUT2D eigenvalue weighted by atomic mass is 16.5. The van der Waals surface area contributed by atoms with Gasteiger partial charge in [0.2, 0.25) is 0 Å². The smallest absolute Gasteiger partial charge is 0.332 e. The molecule has 0 unspecified atom stereocenters. The van der Waals surface area contributed by atoms with E-state index in [0.717, 1.165) is 0 Å². The van der Waals surface area contributed by atoms with E-state index in [4.69, 9.17) is 5.11 Å². The van der Waals surface area contributed by atoms with Gasteiger partial charge < -0.3 is 9.84 Å². The first kappa shape index (κ1) is 7.53. The van der Waals surface area contributed by atoms with Crippen LogP contribution in [0.1, 0.15) is 6.42 Å². The molecule has 0 aromatic rings. The standard InChI is InChI=1S/C7H6O4/c8-4-11-6-2-1-5(3-6)7(9)10/h1-2,4H,3H2,(H,9,10). The lowest BCUT2D eigenvalue weighted by molar-refractivity contribution is -0.133. The van der Waals surface area contributed by atoms with Gasteiger partial charge in [-0.1, -0.05) is 0 Å². The van der Waals surface area contributed by atoms with Crippen LogP contribution in [0.3, 0.4) is 0 Å². The number of allylic oxidation sites excluding steroid dienone is 3. The Hall–Kier alpha value is -1.58. The predicted molar refractivity (Wildman–Crippen MR) is 35.6 cm³/mol. The lowest BCUT2D eigenvalue weighted by atomic mass is 10.2. The van der Waals surface area contributed by atoms with Crippen LogP contribution >= 0.6 is 0 Å². The first-order valence-corrected chi connectivity index (χ1v) is 2.97. The zero-order valence-electron chi connectivity index (χ0n) is 5.61. The molecule has 0 saturated carbocycles. The molecular formula is C7H6O4. The Morgan fingerprint density at radius 1 is 1.64 bits per heavy atom. The normalized spacial score (nSPS) is 15.3. The van der Waals surface area contributed by atoms with Gasteiger partial charge >= 0.3 is 5.97 Å². The highest BCUT2D eigenvalue weighted by Gasteiger charge is 2.14. The fraction of sp³-hybridized carbons (Fsp3) is 0.143. The zero-order valence-corrected chi connectivity index (χ0v) is 5.61. The fourth-order valence-corrected chi connectivity index (χ4v) is 0.789. The van der Waals surface area contributed by atoms with E-state index in [9.17, 15) is 9.59 Å². The monoisotopic (exact) mass is 154 g/mol. The van der Waals surface area contributed by atoms with Crippen molar-refractivity contribution in [2.45, 2.75) is 6.42 Å². The summed E-state index contributed by atoms with van der Waals surface area (Å²) in [5.41, 5.74) is 0.238. The molecule has 1 N–H and O–H groups in total. The van der Waals surface area contributed by atoms with Crippen LogP contribution < -0.4 is 0 Å². The third-order valence-corrected chi connectivity index (χ3v) is 1.31. The molecule has 0 aliphatic heterocycles. The third kappa shape index (κ3) is 1.67. The van der Waals surface area contributed by atoms with Gasteiger partial charge in [-0.15, -0.1) is 0 Å². The summed E-state index contributed by atoms with van der Waals surface area (Å²) in [5, 5.41) is 8.45. The summed E-state index contributed by atoms with van der Waals surface area (Å²) in [6, 6.07) is 0. The highest BCUT2D eigenvalue weighted by Crippen LogP contribution is 2.18. The second-order valence-corrected chi connectivity index (χ2v) is 2.02. The van der Waals surface area contributed by atoms with Gasteiger partial charge in [0.05, 0.1) is 0 Å². The molecule has 0 amide bonds. The van der Waals surface area contributed by atoms with Crippen LogP contribution in [0.25, 0.3) is 0 Å². The topological polar surface area (TPSA) is 63.6 Å². The van der Waals surface area contributed by atoms with E-state index in [0.29, 0.717) is 5.76 Å². The first-order chi connectivity index (χ1) is 5.24. The van der Waals surface area contributed by atoms with Crippen molar-refractivity contribution in [3.63, 3.8) is 0 Å². The Balaban J connectivity index is 2.51. The Labute approximate surface area is 62.8 Å². The van der Waals surface area contributed by atoms with Gasteiger partial charge in [0.1, 0.15) is 5.76 Å². The lowest BCUT2D eigenvalue weighted by Gasteiger charge is -1.96. The quantitative estimate of drug-likeness (QED) is 0.599. The van der Waals surface area contributed by atoms with Crippen molar-refractivity contribution < 1.29 is 19.4 Å². The van der Waals surface area contributed by atoms with Gasteiger partial charge in [-0.3, -0.25) is 4.79 Å². The molecular weight excluding hydrogens is 148 g/mol. The van der Waals surface area contributed by atoms with Crippen molar-refractivity contribution in [3.8, 4) is 0 Å². The number of carboxylic acid groups (broad SMARTS) is 1. The molecule has 0 fully saturated rings.